The van der Waals surface area contributed by atoms with E-state index < -0.39 is 5.97 Å². The molecule has 0 saturated heterocycles. The minimum absolute atomic E-state index is 0.141. The lowest BCUT2D eigenvalue weighted by Crippen LogP contribution is -2.30. The molecule has 2 aromatic rings. The van der Waals surface area contributed by atoms with Gasteiger partial charge in [0.1, 0.15) is 12.4 Å². The molecular formula is C17H20N4O4. The summed E-state index contributed by atoms with van der Waals surface area (Å²) in [6.45, 7) is 0.516. The first-order valence-corrected chi connectivity index (χ1v) is 8.23. The molecule has 2 heterocycles. The van der Waals surface area contributed by atoms with E-state index in [1.807, 2.05) is 0 Å². The zero-order valence-corrected chi connectivity index (χ0v) is 14.0. The summed E-state index contributed by atoms with van der Waals surface area (Å²) >= 11 is 0. The van der Waals surface area contributed by atoms with E-state index in [4.69, 9.17) is 0 Å². The van der Waals surface area contributed by atoms with Crippen LogP contribution in [0.4, 0.5) is 5.69 Å². The van der Waals surface area contributed by atoms with Gasteiger partial charge in [0.2, 0.25) is 5.91 Å². The first-order valence-electron chi connectivity index (χ1n) is 8.23. The number of aryl methyl sites for hydroxylation is 1. The summed E-state index contributed by atoms with van der Waals surface area (Å²) < 4.78 is 7.49. The highest BCUT2D eigenvalue weighted by Crippen LogP contribution is 2.12. The molecule has 1 aliphatic rings. The number of methoxy groups -OCH3 is 1. The van der Waals surface area contributed by atoms with Crippen molar-refractivity contribution in [2.24, 2.45) is 0 Å². The molecule has 0 aliphatic carbocycles. The number of carbonyl (C=O) groups is 2. The number of hydrogen-bond acceptors (Lipinski definition) is 5. The zero-order valence-electron chi connectivity index (χ0n) is 14.0. The number of amides is 1. The van der Waals surface area contributed by atoms with Gasteiger partial charge in [-0.3, -0.25) is 9.36 Å². The van der Waals surface area contributed by atoms with Crippen molar-refractivity contribution in [3.8, 4) is 0 Å². The zero-order chi connectivity index (χ0) is 17.8. The Hall–Kier alpha value is -2.90. The molecule has 0 spiro atoms. The summed E-state index contributed by atoms with van der Waals surface area (Å²) in [7, 11) is 1.31. The number of hydrogen-bond donors (Lipinski definition) is 1. The highest BCUT2D eigenvalue weighted by Gasteiger charge is 2.17. The van der Waals surface area contributed by atoms with E-state index in [-0.39, 0.29) is 18.1 Å². The van der Waals surface area contributed by atoms with Gasteiger partial charge in [0, 0.05) is 18.7 Å². The number of carbonyl (C=O) groups excluding carboxylic acids is 2. The molecule has 0 radical (unpaired) electrons. The maximum Gasteiger partial charge on any atom is 0.346 e. The van der Waals surface area contributed by atoms with Crippen LogP contribution in [-0.4, -0.2) is 33.3 Å². The number of ether oxygens (including phenoxy) is 1. The molecule has 0 atom stereocenters. The van der Waals surface area contributed by atoms with Crippen LogP contribution in [-0.2, 0) is 29.0 Å². The van der Waals surface area contributed by atoms with Gasteiger partial charge in [0.15, 0.2) is 0 Å². The number of nitrogens with zero attached hydrogens (tertiary/aromatic N) is 3. The quantitative estimate of drug-likeness (QED) is 0.841. The molecule has 132 valence electrons. The van der Waals surface area contributed by atoms with Crippen LogP contribution < -0.4 is 11.0 Å². The van der Waals surface area contributed by atoms with Crippen molar-refractivity contribution in [1.29, 1.82) is 0 Å². The Morgan fingerprint density at radius 1 is 1.20 bits per heavy atom. The summed E-state index contributed by atoms with van der Waals surface area (Å²) in [4.78, 5) is 35.9. The minimum Gasteiger partial charge on any atom is -0.465 e. The maximum atomic E-state index is 12.3. The van der Waals surface area contributed by atoms with Gasteiger partial charge in [-0.05, 0) is 37.1 Å². The number of aromatic nitrogens is 3. The molecule has 1 aromatic carbocycles. The van der Waals surface area contributed by atoms with Gasteiger partial charge in [-0.2, -0.15) is 5.10 Å². The van der Waals surface area contributed by atoms with Crippen LogP contribution >= 0.6 is 0 Å². The summed E-state index contributed by atoms with van der Waals surface area (Å²) in [5.74, 6) is -0.0390. The third-order valence-electron chi connectivity index (χ3n) is 4.16. The minimum atomic E-state index is -0.441. The standard InChI is InChI=1S/C17H20N4O4/c1-25-16(23)12-6-8-13(9-7-12)18-15(22)11-21-17(24)20-10-4-2-3-5-14(20)19-21/h6-9H,2-5,10-11H2,1H3,(H,18,22). The van der Waals surface area contributed by atoms with Gasteiger partial charge in [-0.1, -0.05) is 6.42 Å². The number of fused-ring (bicyclic) bond motifs is 1. The van der Waals surface area contributed by atoms with E-state index >= 15 is 0 Å². The number of esters is 1. The molecule has 25 heavy (non-hydrogen) atoms. The van der Waals surface area contributed by atoms with Crippen LogP contribution in [0, 0.1) is 0 Å². The van der Waals surface area contributed by atoms with Crippen molar-refractivity contribution in [3.05, 3.63) is 46.1 Å². The Morgan fingerprint density at radius 3 is 2.68 bits per heavy atom. The van der Waals surface area contributed by atoms with Gasteiger partial charge in [-0.25, -0.2) is 14.3 Å². The van der Waals surface area contributed by atoms with Crippen LogP contribution in [0.3, 0.4) is 0 Å². The highest BCUT2D eigenvalue weighted by molar-refractivity contribution is 5.92. The van der Waals surface area contributed by atoms with Crippen LogP contribution in [0.15, 0.2) is 29.1 Å². The van der Waals surface area contributed by atoms with E-state index in [9.17, 15) is 14.4 Å². The van der Waals surface area contributed by atoms with Crippen LogP contribution in [0.1, 0.15) is 35.4 Å². The van der Waals surface area contributed by atoms with E-state index in [0.717, 1.165) is 31.5 Å². The van der Waals surface area contributed by atoms with E-state index in [0.29, 0.717) is 17.8 Å². The second kappa shape index (κ2) is 7.33. The predicted molar refractivity (Wildman–Crippen MR) is 90.5 cm³/mol. The third-order valence-corrected chi connectivity index (χ3v) is 4.16. The van der Waals surface area contributed by atoms with E-state index in [1.165, 1.54) is 11.8 Å². The lowest BCUT2D eigenvalue weighted by atomic mass is 10.2. The fraction of sp³-hybridized carbons (Fsp3) is 0.412. The molecule has 0 unspecified atom stereocenters. The van der Waals surface area contributed by atoms with Crippen molar-refractivity contribution < 1.29 is 14.3 Å². The third kappa shape index (κ3) is 3.78. The lowest BCUT2D eigenvalue weighted by molar-refractivity contribution is -0.117. The second-order valence-electron chi connectivity index (χ2n) is 5.94. The molecule has 3 rings (SSSR count). The summed E-state index contributed by atoms with van der Waals surface area (Å²) in [6.07, 6.45) is 3.82. The molecule has 1 N–H and O–H groups in total. The first-order chi connectivity index (χ1) is 12.1. The SMILES string of the molecule is COC(=O)c1ccc(NC(=O)Cn2nc3n(c2=O)CCCCC3)cc1. The normalized spacial score (nSPS) is 13.6. The summed E-state index contributed by atoms with van der Waals surface area (Å²) in [6, 6.07) is 6.34. The van der Waals surface area contributed by atoms with Gasteiger partial charge in [-0.15, -0.1) is 0 Å². The number of anilines is 1. The van der Waals surface area contributed by atoms with E-state index in [1.54, 1.807) is 28.8 Å². The predicted octanol–water partition coefficient (Wildman–Crippen LogP) is 1.20. The second-order valence-corrected chi connectivity index (χ2v) is 5.94. The Balaban J connectivity index is 1.67. The smallest absolute Gasteiger partial charge is 0.346 e. The fourth-order valence-corrected chi connectivity index (χ4v) is 2.87. The lowest BCUT2D eigenvalue weighted by Gasteiger charge is -2.06. The topological polar surface area (TPSA) is 95.2 Å². The van der Waals surface area contributed by atoms with Gasteiger partial charge >= 0.3 is 11.7 Å². The van der Waals surface area contributed by atoms with Crippen LogP contribution in [0.2, 0.25) is 0 Å². The molecule has 0 bridgehead atoms. The Bertz CT molecular complexity index is 835. The molecule has 1 amide bonds. The van der Waals surface area contributed by atoms with Crippen molar-refractivity contribution in [1.82, 2.24) is 14.3 Å². The molecule has 1 aromatic heterocycles. The van der Waals surface area contributed by atoms with Crippen LogP contribution in [0.25, 0.3) is 0 Å². The van der Waals surface area contributed by atoms with Gasteiger partial charge in [0.05, 0.1) is 12.7 Å². The largest absolute Gasteiger partial charge is 0.465 e. The average Bonchev–Trinajstić information content (AvgIpc) is 2.78. The fourth-order valence-electron chi connectivity index (χ4n) is 2.87. The first kappa shape index (κ1) is 16.9. The Labute approximate surface area is 144 Å². The van der Waals surface area contributed by atoms with Gasteiger partial charge < -0.3 is 10.1 Å². The maximum absolute atomic E-state index is 12.3. The summed E-state index contributed by atoms with van der Waals surface area (Å²) in [5.41, 5.74) is 0.689. The molecule has 8 nitrogen and oxygen atoms in total. The number of benzene rings is 1. The van der Waals surface area contributed by atoms with Crippen molar-refractivity contribution in [2.45, 2.75) is 38.8 Å². The molecule has 0 fully saturated rings. The molecule has 1 aliphatic heterocycles. The number of nitrogens with one attached hydrogen (secondary N) is 1. The Morgan fingerprint density at radius 2 is 1.96 bits per heavy atom. The molecule has 0 saturated carbocycles. The van der Waals surface area contributed by atoms with E-state index in [2.05, 4.69) is 15.2 Å². The van der Waals surface area contributed by atoms with Crippen molar-refractivity contribution in [3.63, 3.8) is 0 Å². The Kier molecular flexibility index (Phi) is 4.97. The summed E-state index contributed by atoms with van der Waals surface area (Å²) in [5, 5.41) is 6.98. The van der Waals surface area contributed by atoms with Gasteiger partial charge in [0.25, 0.3) is 0 Å². The van der Waals surface area contributed by atoms with Crippen LogP contribution in [0.5, 0.6) is 0 Å². The monoisotopic (exact) mass is 344 g/mol. The average molecular weight is 344 g/mol. The molecule has 8 heteroatoms. The van der Waals surface area contributed by atoms with Crippen molar-refractivity contribution in [2.75, 3.05) is 12.4 Å². The highest BCUT2D eigenvalue weighted by atomic mass is 16.5. The van der Waals surface area contributed by atoms with Crippen molar-refractivity contribution >= 4 is 17.6 Å². The molecular weight excluding hydrogens is 324 g/mol. The number of rotatable bonds is 4.